The Morgan fingerprint density at radius 3 is 2.50 bits per heavy atom. The van der Waals surface area contributed by atoms with Crippen molar-refractivity contribution in [2.24, 2.45) is 11.8 Å². The van der Waals surface area contributed by atoms with Crippen LogP contribution in [0, 0.1) is 18.8 Å². The number of hydrogen-bond donors (Lipinski definition) is 2. The lowest BCUT2D eigenvalue weighted by atomic mass is 9.82. The molecule has 1 aromatic rings. The predicted molar refractivity (Wildman–Crippen MR) is 80.5 cm³/mol. The summed E-state index contributed by atoms with van der Waals surface area (Å²) in [5.74, 6) is -2.30. The zero-order chi connectivity index (χ0) is 14.7. The van der Waals surface area contributed by atoms with Gasteiger partial charge in [0.1, 0.15) is 0 Å². The lowest BCUT2D eigenvalue weighted by Crippen LogP contribution is -2.34. The Morgan fingerprint density at radius 1 is 1.25 bits per heavy atom. The number of anilines is 1. The van der Waals surface area contributed by atoms with Crippen LogP contribution in [-0.2, 0) is 9.59 Å². The van der Waals surface area contributed by atoms with Gasteiger partial charge in [-0.25, -0.2) is 0 Å². The highest BCUT2D eigenvalue weighted by atomic mass is 79.9. The molecule has 2 rings (SSSR count). The number of carbonyl (C=O) groups excluding carboxylic acids is 1. The first-order chi connectivity index (χ1) is 9.49. The highest BCUT2D eigenvalue weighted by molar-refractivity contribution is 9.10. The van der Waals surface area contributed by atoms with Crippen LogP contribution in [-0.4, -0.2) is 17.0 Å². The normalized spacial score (nSPS) is 21.5. The molecule has 2 atom stereocenters. The summed E-state index contributed by atoms with van der Waals surface area (Å²) < 4.78 is 0.972. The van der Waals surface area contributed by atoms with Crippen LogP contribution in [0.1, 0.15) is 18.4 Å². The molecule has 2 N–H and O–H groups in total. The number of rotatable bonds is 3. The summed E-state index contributed by atoms with van der Waals surface area (Å²) in [5.41, 5.74) is 1.70. The molecule has 0 spiro atoms. The number of hydrogen-bond acceptors (Lipinski definition) is 2. The SMILES string of the molecule is Cc1cc(NC(=O)[C@H]2CC=CC[C@H]2C(=O)O)ccc1Br. The van der Waals surface area contributed by atoms with Gasteiger partial charge in [-0.3, -0.25) is 9.59 Å². The molecular formula is C15H16BrNO3. The molecule has 0 aliphatic heterocycles. The number of carboxylic acids is 1. The van der Waals surface area contributed by atoms with Gasteiger partial charge in [0.2, 0.25) is 5.91 Å². The third kappa shape index (κ3) is 3.28. The van der Waals surface area contributed by atoms with Gasteiger partial charge in [-0.2, -0.15) is 0 Å². The van der Waals surface area contributed by atoms with Crippen LogP contribution in [0.2, 0.25) is 0 Å². The van der Waals surface area contributed by atoms with E-state index in [0.29, 0.717) is 18.5 Å². The van der Waals surface area contributed by atoms with E-state index in [2.05, 4.69) is 21.2 Å². The minimum Gasteiger partial charge on any atom is -0.481 e. The third-order valence-electron chi connectivity index (χ3n) is 3.51. The van der Waals surface area contributed by atoms with Gasteiger partial charge in [-0.1, -0.05) is 28.1 Å². The summed E-state index contributed by atoms with van der Waals surface area (Å²) in [7, 11) is 0. The first-order valence-electron chi connectivity index (χ1n) is 6.44. The summed E-state index contributed by atoms with van der Waals surface area (Å²) in [5, 5.41) is 12.0. The molecule has 1 amide bonds. The lowest BCUT2D eigenvalue weighted by molar-refractivity contribution is -0.146. The molecule has 0 fully saturated rings. The van der Waals surface area contributed by atoms with Crippen molar-refractivity contribution in [1.29, 1.82) is 0 Å². The summed E-state index contributed by atoms with van der Waals surface area (Å²) in [6.45, 7) is 1.93. The Hall–Kier alpha value is -1.62. The largest absolute Gasteiger partial charge is 0.481 e. The first kappa shape index (κ1) is 14.8. The molecule has 106 valence electrons. The number of aryl methyl sites for hydroxylation is 1. The zero-order valence-corrected chi connectivity index (χ0v) is 12.7. The Balaban J connectivity index is 2.12. The van der Waals surface area contributed by atoms with Crippen LogP contribution < -0.4 is 5.32 Å². The predicted octanol–water partition coefficient (Wildman–Crippen LogP) is 3.36. The molecule has 5 heteroatoms. The van der Waals surface area contributed by atoms with Crippen LogP contribution in [0.25, 0.3) is 0 Å². The minimum atomic E-state index is -0.915. The zero-order valence-electron chi connectivity index (χ0n) is 11.1. The van der Waals surface area contributed by atoms with Crippen molar-refractivity contribution >= 4 is 33.5 Å². The fourth-order valence-corrected chi connectivity index (χ4v) is 2.58. The third-order valence-corrected chi connectivity index (χ3v) is 4.40. The van der Waals surface area contributed by atoms with Crippen molar-refractivity contribution in [3.63, 3.8) is 0 Å². The molecule has 0 saturated carbocycles. The van der Waals surface area contributed by atoms with Gasteiger partial charge < -0.3 is 10.4 Å². The molecule has 0 saturated heterocycles. The maximum absolute atomic E-state index is 12.3. The van der Waals surface area contributed by atoms with Crippen LogP contribution in [0.3, 0.4) is 0 Å². The molecule has 0 aromatic heterocycles. The second-order valence-corrected chi connectivity index (χ2v) is 5.80. The number of halogens is 1. The number of benzene rings is 1. The second kappa shape index (κ2) is 6.22. The van der Waals surface area contributed by atoms with Crippen LogP contribution in [0.15, 0.2) is 34.8 Å². The van der Waals surface area contributed by atoms with Gasteiger partial charge >= 0.3 is 5.97 Å². The van der Waals surface area contributed by atoms with Crippen LogP contribution in [0.4, 0.5) is 5.69 Å². The van der Waals surface area contributed by atoms with E-state index in [4.69, 9.17) is 0 Å². The highest BCUT2D eigenvalue weighted by Gasteiger charge is 2.33. The number of carboxylic acid groups (broad SMARTS) is 1. The van der Waals surface area contributed by atoms with E-state index in [-0.39, 0.29) is 5.91 Å². The topological polar surface area (TPSA) is 66.4 Å². The van der Waals surface area contributed by atoms with Crippen molar-refractivity contribution in [2.75, 3.05) is 5.32 Å². The second-order valence-electron chi connectivity index (χ2n) is 4.95. The van der Waals surface area contributed by atoms with Gasteiger partial charge in [0.05, 0.1) is 11.8 Å². The van der Waals surface area contributed by atoms with Crippen LogP contribution >= 0.6 is 15.9 Å². The van der Waals surface area contributed by atoms with E-state index >= 15 is 0 Å². The van der Waals surface area contributed by atoms with E-state index in [1.165, 1.54) is 0 Å². The van der Waals surface area contributed by atoms with Crippen molar-refractivity contribution in [3.05, 3.63) is 40.4 Å². The fraction of sp³-hybridized carbons (Fsp3) is 0.333. The molecular weight excluding hydrogens is 322 g/mol. The van der Waals surface area contributed by atoms with E-state index in [9.17, 15) is 14.7 Å². The Morgan fingerprint density at radius 2 is 1.90 bits per heavy atom. The molecule has 0 bridgehead atoms. The highest BCUT2D eigenvalue weighted by Crippen LogP contribution is 2.28. The monoisotopic (exact) mass is 337 g/mol. The number of aliphatic carboxylic acids is 1. The Kier molecular flexibility index (Phi) is 4.60. The van der Waals surface area contributed by atoms with Gasteiger partial charge in [-0.15, -0.1) is 0 Å². The fourth-order valence-electron chi connectivity index (χ4n) is 2.33. The van der Waals surface area contributed by atoms with Crippen LogP contribution in [0.5, 0.6) is 0 Å². The quantitative estimate of drug-likeness (QED) is 0.831. The molecule has 0 unspecified atom stereocenters. The van der Waals surface area contributed by atoms with Gasteiger partial charge in [-0.05, 0) is 43.5 Å². The smallest absolute Gasteiger partial charge is 0.307 e. The Labute approximate surface area is 126 Å². The number of nitrogens with one attached hydrogen (secondary N) is 1. The molecule has 20 heavy (non-hydrogen) atoms. The Bertz CT molecular complexity index is 568. The average molecular weight is 338 g/mol. The summed E-state index contributed by atoms with van der Waals surface area (Å²) in [6.07, 6.45) is 4.58. The molecule has 0 heterocycles. The van der Waals surface area contributed by atoms with E-state index < -0.39 is 17.8 Å². The minimum absolute atomic E-state index is 0.233. The first-order valence-corrected chi connectivity index (χ1v) is 7.23. The molecule has 0 radical (unpaired) electrons. The van der Waals surface area contributed by atoms with Crippen molar-refractivity contribution < 1.29 is 14.7 Å². The molecule has 1 aromatic carbocycles. The van der Waals surface area contributed by atoms with Gasteiger partial charge in [0.25, 0.3) is 0 Å². The number of allylic oxidation sites excluding steroid dienone is 2. The molecule has 4 nitrogen and oxygen atoms in total. The van der Waals surface area contributed by atoms with E-state index in [0.717, 1.165) is 10.0 Å². The molecule has 1 aliphatic carbocycles. The van der Waals surface area contributed by atoms with Gasteiger partial charge in [0, 0.05) is 10.2 Å². The summed E-state index contributed by atoms with van der Waals surface area (Å²) in [6, 6.07) is 5.51. The number of amides is 1. The lowest BCUT2D eigenvalue weighted by Gasteiger charge is -2.24. The number of carbonyl (C=O) groups is 2. The molecule has 1 aliphatic rings. The van der Waals surface area contributed by atoms with Gasteiger partial charge in [0.15, 0.2) is 0 Å². The van der Waals surface area contributed by atoms with Crippen molar-refractivity contribution in [1.82, 2.24) is 0 Å². The van der Waals surface area contributed by atoms with Crippen molar-refractivity contribution in [3.8, 4) is 0 Å². The maximum Gasteiger partial charge on any atom is 0.307 e. The maximum atomic E-state index is 12.3. The van der Waals surface area contributed by atoms with E-state index in [1.54, 1.807) is 6.07 Å². The standard InChI is InChI=1S/C15H16BrNO3/c1-9-8-10(6-7-13(9)16)17-14(18)11-4-2-3-5-12(11)15(19)20/h2-3,6-8,11-12H,4-5H2,1H3,(H,17,18)(H,19,20)/t11-,12+/m0/s1. The average Bonchev–Trinajstić information content (AvgIpc) is 2.43. The summed E-state index contributed by atoms with van der Waals surface area (Å²) in [4.78, 5) is 23.5. The summed E-state index contributed by atoms with van der Waals surface area (Å²) >= 11 is 3.40. The van der Waals surface area contributed by atoms with E-state index in [1.807, 2.05) is 31.2 Å². The van der Waals surface area contributed by atoms with Crippen molar-refractivity contribution in [2.45, 2.75) is 19.8 Å².